The van der Waals surface area contributed by atoms with E-state index in [1.165, 1.54) is 6.08 Å². The lowest BCUT2D eigenvalue weighted by atomic mass is 10.0. The minimum atomic E-state index is 0.351. The van der Waals surface area contributed by atoms with Crippen molar-refractivity contribution in [2.45, 2.75) is 0 Å². The maximum atomic E-state index is 8.91. The average Bonchev–Trinajstić information content (AvgIpc) is 2.73. The van der Waals surface area contributed by atoms with E-state index in [1.54, 1.807) is 24.5 Å². The Morgan fingerprint density at radius 2 is 2.13 bits per heavy atom. The van der Waals surface area contributed by atoms with E-state index in [1.807, 2.05) is 18.2 Å². The summed E-state index contributed by atoms with van der Waals surface area (Å²) in [6, 6.07) is 11.1. The Morgan fingerprint density at radius 3 is 2.87 bits per heavy atom. The fourth-order valence-electron chi connectivity index (χ4n) is 1.46. The Morgan fingerprint density at radius 1 is 1.27 bits per heavy atom. The summed E-state index contributed by atoms with van der Waals surface area (Å²) in [4.78, 5) is 0. The molecule has 0 amide bonds. The Balaban J connectivity index is 2.72. The molecule has 70 valence electrons. The van der Waals surface area contributed by atoms with Gasteiger partial charge in [-0.25, -0.2) is 0 Å². The Hall–Kier alpha value is -2.52. The zero-order valence-corrected chi connectivity index (χ0v) is 7.77. The third kappa shape index (κ3) is 1.47. The van der Waals surface area contributed by atoms with Gasteiger partial charge in [0.2, 0.25) is 0 Å². The second kappa shape index (κ2) is 3.69. The number of nitriles is 2. The summed E-state index contributed by atoms with van der Waals surface area (Å²) in [6.45, 7) is 0. The minimum Gasteiger partial charge on any atom is -0.464 e. The predicted octanol–water partition coefficient (Wildman–Crippen LogP) is 2.86. The monoisotopic (exact) mass is 194 g/mol. The summed E-state index contributed by atoms with van der Waals surface area (Å²) in [7, 11) is 0. The zero-order valence-electron chi connectivity index (χ0n) is 7.77. The van der Waals surface area contributed by atoms with Gasteiger partial charge in [-0.2, -0.15) is 10.5 Å². The molecule has 0 bridgehead atoms. The van der Waals surface area contributed by atoms with Gasteiger partial charge in [0.15, 0.2) is 0 Å². The van der Waals surface area contributed by atoms with Gasteiger partial charge >= 0.3 is 0 Å². The third-order valence-electron chi connectivity index (χ3n) is 2.12. The summed E-state index contributed by atoms with van der Waals surface area (Å²) < 4.78 is 5.21. The molecule has 0 radical (unpaired) electrons. The van der Waals surface area contributed by atoms with Crippen LogP contribution in [0.25, 0.3) is 16.5 Å². The van der Waals surface area contributed by atoms with E-state index >= 15 is 0 Å². The van der Waals surface area contributed by atoms with Crippen LogP contribution in [0.3, 0.4) is 0 Å². The maximum Gasteiger partial charge on any atom is 0.134 e. The maximum absolute atomic E-state index is 8.91. The lowest BCUT2D eigenvalue weighted by Gasteiger charge is -1.98. The number of hydrogen-bond acceptors (Lipinski definition) is 3. The van der Waals surface area contributed by atoms with Gasteiger partial charge < -0.3 is 4.42 Å². The molecule has 3 heteroatoms. The molecule has 1 aromatic heterocycles. The number of fused-ring (bicyclic) bond motifs is 1. The second-order valence-corrected chi connectivity index (χ2v) is 2.94. The summed E-state index contributed by atoms with van der Waals surface area (Å²) in [5.74, 6) is 0. The molecule has 1 aromatic carbocycles. The fourth-order valence-corrected chi connectivity index (χ4v) is 1.46. The normalized spacial score (nSPS) is 10.9. The first-order chi connectivity index (χ1) is 7.36. The minimum absolute atomic E-state index is 0.351. The molecule has 0 spiro atoms. The van der Waals surface area contributed by atoms with Crippen LogP contribution in [-0.2, 0) is 0 Å². The molecule has 0 N–H and O–H groups in total. The van der Waals surface area contributed by atoms with Crippen LogP contribution in [0.5, 0.6) is 0 Å². The third-order valence-corrected chi connectivity index (χ3v) is 2.12. The molecule has 0 aliphatic carbocycles. The molecule has 0 fully saturated rings. The van der Waals surface area contributed by atoms with Crippen molar-refractivity contribution in [3.8, 4) is 12.1 Å². The summed E-state index contributed by atoms with van der Waals surface area (Å²) in [6.07, 6.45) is 2.80. The number of benzene rings is 1. The lowest BCUT2D eigenvalue weighted by Crippen LogP contribution is -1.81. The summed E-state index contributed by atoms with van der Waals surface area (Å²) in [5.41, 5.74) is 1.79. The van der Waals surface area contributed by atoms with Gasteiger partial charge in [-0.15, -0.1) is 0 Å². The van der Waals surface area contributed by atoms with Crippen LogP contribution in [-0.4, -0.2) is 0 Å². The molecule has 2 aromatic rings. The van der Waals surface area contributed by atoms with Crippen molar-refractivity contribution in [3.05, 3.63) is 42.2 Å². The Labute approximate surface area is 86.5 Å². The predicted molar refractivity (Wildman–Crippen MR) is 55.4 cm³/mol. The number of hydrogen-bond donors (Lipinski definition) is 0. The van der Waals surface area contributed by atoms with E-state index in [-0.39, 0.29) is 0 Å². The van der Waals surface area contributed by atoms with E-state index in [2.05, 4.69) is 0 Å². The van der Waals surface area contributed by atoms with E-state index in [0.29, 0.717) is 11.2 Å². The van der Waals surface area contributed by atoms with Crippen molar-refractivity contribution in [3.63, 3.8) is 0 Å². The van der Waals surface area contributed by atoms with Gasteiger partial charge in [-0.3, -0.25) is 0 Å². The van der Waals surface area contributed by atoms with E-state index in [4.69, 9.17) is 14.9 Å². The highest BCUT2D eigenvalue weighted by Gasteiger charge is 2.07. The fraction of sp³-hybridized carbons (Fsp3) is 0. The van der Waals surface area contributed by atoms with Crippen molar-refractivity contribution in [2.24, 2.45) is 0 Å². The molecule has 0 saturated carbocycles. The Kier molecular flexibility index (Phi) is 2.23. The van der Waals surface area contributed by atoms with E-state index in [0.717, 1.165) is 10.9 Å². The molecule has 0 aliphatic rings. The highest BCUT2D eigenvalue weighted by Crippen LogP contribution is 2.25. The largest absolute Gasteiger partial charge is 0.464 e. The standard InChI is InChI=1S/C12H6N2O/c13-6-4-9(8-14)10-2-1-3-12-11(10)5-7-15-12/h1-5,7H. The van der Waals surface area contributed by atoms with Crippen molar-refractivity contribution in [1.29, 1.82) is 10.5 Å². The van der Waals surface area contributed by atoms with Gasteiger partial charge in [0.05, 0.1) is 17.9 Å². The van der Waals surface area contributed by atoms with Crippen LogP contribution in [0.4, 0.5) is 0 Å². The van der Waals surface area contributed by atoms with Gasteiger partial charge in [0.1, 0.15) is 11.7 Å². The lowest BCUT2D eigenvalue weighted by molar-refractivity contribution is 0.616. The second-order valence-electron chi connectivity index (χ2n) is 2.94. The van der Waals surface area contributed by atoms with Crippen LogP contribution < -0.4 is 0 Å². The number of furan rings is 1. The number of rotatable bonds is 1. The van der Waals surface area contributed by atoms with Gasteiger partial charge in [0.25, 0.3) is 0 Å². The molecule has 2 rings (SSSR count). The topological polar surface area (TPSA) is 60.7 Å². The zero-order chi connectivity index (χ0) is 10.7. The quantitative estimate of drug-likeness (QED) is 0.655. The smallest absolute Gasteiger partial charge is 0.134 e. The molecule has 15 heavy (non-hydrogen) atoms. The van der Waals surface area contributed by atoms with Crippen LogP contribution in [0.15, 0.2) is 41.0 Å². The van der Waals surface area contributed by atoms with Gasteiger partial charge in [-0.1, -0.05) is 12.1 Å². The number of nitrogens with zero attached hydrogens (tertiary/aromatic N) is 2. The SMILES string of the molecule is N#CC=C(C#N)c1cccc2occc12. The van der Waals surface area contributed by atoms with Crippen LogP contribution in [0.1, 0.15) is 5.56 Å². The highest BCUT2D eigenvalue weighted by molar-refractivity contribution is 5.95. The molecular formula is C12H6N2O. The van der Waals surface area contributed by atoms with Crippen molar-refractivity contribution in [2.75, 3.05) is 0 Å². The molecular weight excluding hydrogens is 188 g/mol. The van der Waals surface area contributed by atoms with E-state index < -0.39 is 0 Å². The molecule has 3 nitrogen and oxygen atoms in total. The van der Waals surface area contributed by atoms with Crippen molar-refractivity contribution >= 4 is 16.5 Å². The molecule has 0 unspecified atom stereocenters. The number of allylic oxidation sites excluding steroid dienone is 2. The summed E-state index contributed by atoms with van der Waals surface area (Å²) >= 11 is 0. The molecule has 0 atom stereocenters. The molecule has 0 saturated heterocycles. The first kappa shape index (κ1) is 9.05. The van der Waals surface area contributed by atoms with Crippen LogP contribution in [0.2, 0.25) is 0 Å². The average molecular weight is 194 g/mol. The first-order valence-electron chi connectivity index (χ1n) is 4.33. The van der Waals surface area contributed by atoms with Gasteiger partial charge in [-0.05, 0) is 12.1 Å². The molecule has 0 aliphatic heterocycles. The Bertz CT molecular complexity index is 608. The highest BCUT2D eigenvalue weighted by atomic mass is 16.3. The van der Waals surface area contributed by atoms with Crippen LogP contribution >= 0.6 is 0 Å². The van der Waals surface area contributed by atoms with Crippen molar-refractivity contribution in [1.82, 2.24) is 0 Å². The van der Waals surface area contributed by atoms with E-state index in [9.17, 15) is 0 Å². The van der Waals surface area contributed by atoms with Crippen LogP contribution in [0, 0.1) is 22.7 Å². The van der Waals surface area contributed by atoms with Gasteiger partial charge in [0, 0.05) is 17.0 Å². The van der Waals surface area contributed by atoms with Crippen molar-refractivity contribution < 1.29 is 4.42 Å². The molecule has 1 heterocycles. The first-order valence-corrected chi connectivity index (χ1v) is 4.33. The summed E-state index contributed by atoms with van der Waals surface area (Å²) in [5, 5.41) is 18.3.